The minimum absolute atomic E-state index is 0.116. The lowest BCUT2D eigenvalue weighted by Gasteiger charge is -2.11. The number of aromatic amines is 1. The summed E-state index contributed by atoms with van der Waals surface area (Å²) in [6.07, 6.45) is 3.48. The van der Waals surface area contributed by atoms with Crippen molar-refractivity contribution in [2.24, 2.45) is 5.10 Å². The fourth-order valence-corrected chi connectivity index (χ4v) is 3.02. The monoisotopic (exact) mass is 355 g/mol. The summed E-state index contributed by atoms with van der Waals surface area (Å²) in [4.78, 5) is 15.1. The van der Waals surface area contributed by atoms with E-state index in [0.29, 0.717) is 10.8 Å². The summed E-state index contributed by atoms with van der Waals surface area (Å²) in [6.45, 7) is 3.67. The maximum absolute atomic E-state index is 11.9. The Balaban J connectivity index is 1.59. The number of ether oxygens (including phenoxy) is 1. The highest BCUT2D eigenvalue weighted by molar-refractivity contribution is 6.30. The van der Waals surface area contributed by atoms with Gasteiger partial charge in [-0.05, 0) is 49.2 Å². The molecule has 25 heavy (non-hydrogen) atoms. The lowest BCUT2D eigenvalue weighted by atomic mass is 10.1. The van der Waals surface area contributed by atoms with Gasteiger partial charge in [-0.25, -0.2) is 5.43 Å². The third kappa shape index (κ3) is 4.00. The first kappa shape index (κ1) is 17.0. The molecule has 1 aromatic heterocycles. The fourth-order valence-electron chi connectivity index (χ4n) is 2.69. The number of hydrazone groups is 1. The third-order valence-electron chi connectivity index (χ3n) is 3.79. The Labute approximate surface area is 150 Å². The van der Waals surface area contributed by atoms with Crippen LogP contribution in [0.2, 0.25) is 5.02 Å². The van der Waals surface area contributed by atoms with Crippen molar-refractivity contribution in [2.75, 3.05) is 6.61 Å². The number of carbonyl (C=O) groups excluding carboxylic acids is 1. The van der Waals surface area contributed by atoms with Gasteiger partial charge < -0.3 is 9.72 Å². The maximum Gasteiger partial charge on any atom is 0.277 e. The number of nitrogens with one attached hydrogen (secondary N) is 2. The lowest BCUT2D eigenvalue weighted by molar-refractivity contribution is -0.123. The van der Waals surface area contributed by atoms with Gasteiger partial charge in [-0.1, -0.05) is 23.7 Å². The molecule has 0 aliphatic carbocycles. The summed E-state index contributed by atoms with van der Waals surface area (Å²) in [7, 11) is 0. The largest absolute Gasteiger partial charge is 0.483 e. The molecule has 5 nitrogen and oxygen atoms in total. The molecule has 2 N–H and O–H groups in total. The molecule has 0 spiro atoms. The zero-order valence-electron chi connectivity index (χ0n) is 14.0. The van der Waals surface area contributed by atoms with Crippen LogP contribution in [0, 0.1) is 13.8 Å². The minimum atomic E-state index is -0.328. The summed E-state index contributed by atoms with van der Waals surface area (Å²) in [6, 6.07) is 11.4. The van der Waals surface area contributed by atoms with E-state index in [1.807, 2.05) is 44.3 Å². The molecule has 0 saturated heterocycles. The van der Waals surface area contributed by atoms with E-state index in [1.165, 1.54) is 0 Å². The molecule has 0 fully saturated rings. The fraction of sp³-hybridized carbons (Fsp3) is 0.158. The minimum Gasteiger partial charge on any atom is -0.483 e. The first-order valence-electron chi connectivity index (χ1n) is 7.82. The number of hydrogen-bond donors (Lipinski definition) is 2. The number of rotatable bonds is 5. The molecule has 0 aliphatic heterocycles. The van der Waals surface area contributed by atoms with Crippen molar-refractivity contribution >= 4 is 34.6 Å². The number of carbonyl (C=O) groups is 1. The predicted octanol–water partition coefficient (Wildman–Crippen LogP) is 3.97. The van der Waals surface area contributed by atoms with E-state index >= 15 is 0 Å². The third-order valence-corrected chi connectivity index (χ3v) is 4.01. The number of aromatic nitrogens is 1. The van der Waals surface area contributed by atoms with Crippen LogP contribution in [0.15, 0.2) is 47.7 Å². The van der Waals surface area contributed by atoms with E-state index in [0.717, 1.165) is 27.6 Å². The molecule has 1 amide bonds. The molecular weight excluding hydrogens is 338 g/mol. The topological polar surface area (TPSA) is 66.5 Å². The second-order valence-corrected chi connectivity index (χ2v) is 6.17. The Kier molecular flexibility index (Phi) is 5.05. The van der Waals surface area contributed by atoms with Crippen LogP contribution in [0.4, 0.5) is 0 Å². The van der Waals surface area contributed by atoms with E-state index in [4.69, 9.17) is 16.3 Å². The molecule has 1 heterocycles. The van der Waals surface area contributed by atoms with E-state index in [2.05, 4.69) is 15.5 Å². The van der Waals surface area contributed by atoms with Crippen molar-refractivity contribution in [2.45, 2.75) is 13.8 Å². The van der Waals surface area contributed by atoms with Gasteiger partial charge in [0.15, 0.2) is 6.61 Å². The van der Waals surface area contributed by atoms with Gasteiger partial charge in [-0.2, -0.15) is 5.10 Å². The average Bonchev–Trinajstić information content (AvgIpc) is 3.03. The Hall–Kier alpha value is -2.79. The highest BCUT2D eigenvalue weighted by Gasteiger charge is 2.08. The molecule has 6 heteroatoms. The lowest BCUT2D eigenvalue weighted by Crippen LogP contribution is -2.25. The van der Waals surface area contributed by atoms with Crippen molar-refractivity contribution in [3.05, 3.63) is 64.3 Å². The summed E-state index contributed by atoms with van der Waals surface area (Å²) in [5.74, 6) is 0.340. The van der Waals surface area contributed by atoms with E-state index in [1.54, 1.807) is 18.3 Å². The summed E-state index contributed by atoms with van der Waals surface area (Å²) < 4.78 is 5.60. The van der Waals surface area contributed by atoms with Crippen molar-refractivity contribution < 1.29 is 9.53 Å². The second kappa shape index (κ2) is 7.40. The molecule has 0 bridgehead atoms. The first-order chi connectivity index (χ1) is 12.0. The Morgan fingerprint density at radius 3 is 2.80 bits per heavy atom. The Morgan fingerprint density at radius 1 is 1.28 bits per heavy atom. The first-order valence-corrected chi connectivity index (χ1v) is 8.20. The summed E-state index contributed by atoms with van der Waals surface area (Å²) in [5, 5.41) is 5.70. The number of fused-ring (bicyclic) bond motifs is 1. The van der Waals surface area contributed by atoms with Crippen LogP contribution in [0.5, 0.6) is 5.75 Å². The molecular formula is C19H18ClN3O2. The summed E-state index contributed by atoms with van der Waals surface area (Å²) in [5.41, 5.74) is 6.20. The van der Waals surface area contributed by atoms with E-state index in [9.17, 15) is 4.79 Å². The Morgan fingerprint density at radius 2 is 2.04 bits per heavy atom. The number of amides is 1. The summed E-state index contributed by atoms with van der Waals surface area (Å²) >= 11 is 5.99. The van der Waals surface area contributed by atoms with Crippen molar-refractivity contribution in [1.29, 1.82) is 0 Å². The standard InChI is InChI=1S/C19H18ClN3O2/c1-12-8-15(20)9-13(2)19(12)25-11-18(24)23-22-10-14-4-3-5-17-16(14)6-7-21-17/h3-10,21H,11H2,1-2H3,(H,23,24). The predicted molar refractivity (Wildman–Crippen MR) is 100 cm³/mol. The van der Waals surface area contributed by atoms with Crippen LogP contribution in [-0.4, -0.2) is 23.7 Å². The SMILES string of the molecule is Cc1cc(Cl)cc(C)c1OCC(=O)NN=Cc1cccc2[nH]ccc12. The molecule has 2 aromatic carbocycles. The molecule has 0 aliphatic rings. The normalized spacial score (nSPS) is 11.2. The maximum atomic E-state index is 11.9. The number of aryl methyl sites for hydroxylation is 2. The molecule has 128 valence electrons. The van der Waals surface area contributed by atoms with Crippen LogP contribution in [-0.2, 0) is 4.79 Å². The van der Waals surface area contributed by atoms with Crippen LogP contribution >= 0.6 is 11.6 Å². The van der Waals surface area contributed by atoms with Gasteiger partial charge in [0.25, 0.3) is 5.91 Å². The number of H-pyrrole nitrogens is 1. The molecule has 0 atom stereocenters. The van der Waals surface area contributed by atoms with Crippen LogP contribution in [0.1, 0.15) is 16.7 Å². The van der Waals surface area contributed by atoms with Gasteiger partial charge >= 0.3 is 0 Å². The zero-order chi connectivity index (χ0) is 17.8. The van der Waals surface area contributed by atoms with Gasteiger partial charge in [-0.3, -0.25) is 4.79 Å². The van der Waals surface area contributed by atoms with E-state index < -0.39 is 0 Å². The molecule has 3 rings (SSSR count). The number of halogens is 1. The Bertz CT molecular complexity index is 924. The van der Waals surface area contributed by atoms with Gasteiger partial charge in [-0.15, -0.1) is 0 Å². The highest BCUT2D eigenvalue weighted by Crippen LogP contribution is 2.26. The highest BCUT2D eigenvalue weighted by atomic mass is 35.5. The van der Waals surface area contributed by atoms with Gasteiger partial charge in [0.2, 0.25) is 0 Å². The molecule has 0 unspecified atom stereocenters. The van der Waals surface area contributed by atoms with Crippen molar-refractivity contribution in [3.63, 3.8) is 0 Å². The van der Waals surface area contributed by atoms with Crippen LogP contribution in [0.25, 0.3) is 10.9 Å². The quantitative estimate of drug-likeness (QED) is 0.537. The van der Waals surface area contributed by atoms with Gasteiger partial charge in [0.1, 0.15) is 5.75 Å². The average molecular weight is 356 g/mol. The van der Waals surface area contributed by atoms with Crippen molar-refractivity contribution in [3.8, 4) is 5.75 Å². The van der Waals surface area contributed by atoms with Crippen LogP contribution in [0.3, 0.4) is 0 Å². The zero-order valence-corrected chi connectivity index (χ0v) is 14.7. The molecule has 3 aromatic rings. The van der Waals surface area contributed by atoms with Crippen molar-refractivity contribution in [1.82, 2.24) is 10.4 Å². The number of nitrogens with zero attached hydrogens (tertiary/aromatic N) is 1. The number of hydrogen-bond acceptors (Lipinski definition) is 3. The number of benzene rings is 2. The van der Waals surface area contributed by atoms with E-state index in [-0.39, 0.29) is 12.5 Å². The molecule has 0 radical (unpaired) electrons. The second-order valence-electron chi connectivity index (χ2n) is 5.74. The van der Waals surface area contributed by atoms with Gasteiger partial charge in [0.05, 0.1) is 6.21 Å². The van der Waals surface area contributed by atoms with Gasteiger partial charge in [0, 0.05) is 27.7 Å². The van der Waals surface area contributed by atoms with Crippen LogP contribution < -0.4 is 10.2 Å². The molecule has 0 saturated carbocycles. The smallest absolute Gasteiger partial charge is 0.277 e.